The fourth-order valence-electron chi connectivity index (χ4n) is 1.84. The molecule has 1 fully saturated rings. The van der Waals surface area contributed by atoms with Gasteiger partial charge in [0.1, 0.15) is 5.76 Å². The zero-order valence-corrected chi connectivity index (χ0v) is 7.05. The first-order valence-electron chi connectivity index (χ1n) is 4.49. The number of hydrogen-bond donors (Lipinski definition) is 1. The second-order valence-electron chi connectivity index (χ2n) is 3.69. The van der Waals surface area contributed by atoms with Gasteiger partial charge in [0.2, 0.25) is 0 Å². The van der Waals surface area contributed by atoms with Crippen molar-refractivity contribution < 1.29 is 9.13 Å². The Balaban J connectivity index is 2.03. The van der Waals surface area contributed by atoms with Gasteiger partial charge in [0.05, 0.1) is 6.61 Å². The van der Waals surface area contributed by atoms with Gasteiger partial charge >= 0.3 is 0 Å². The zero-order chi connectivity index (χ0) is 8.60. The number of ether oxygens (including phenoxy) is 1. The molecule has 12 heavy (non-hydrogen) atoms. The lowest BCUT2D eigenvalue weighted by molar-refractivity contribution is 0.00663. The fourth-order valence-corrected chi connectivity index (χ4v) is 1.84. The van der Waals surface area contributed by atoms with Crippen molar-refractivity contribution in [1.82, 2.24) is 0 Å². The lowest BCUT2D eigenvalue weighted by atomic mass is 9.76. The van der Waals surface area contributed by atoms with Crippen molar-refractivity contribution in [2.24, 2.45) is 5.73 Å². The van der Waals surface area contributed by atoms with E-state index >= 15 is 0 Å². The van der Waals surface area contributed by atoms with Crippen molar-refractivity contribution in [1.29, 1.82) is 0 Å². The molecule has 0 radical (unpaired) electrons. The minimum atomic E-state index is -1.22. The summed E-state index contributed by atoms with van der Waals surface area (Å²) >= 11 is 0. The van der Waals surface area contributed by atoms with E-state index < -0.39 is 5.67 Å². The summed E-state index contributed by atoms with van der Waals surface area (Å²) in [5, 5.41) is 0. The molecule has 1 saturated carbocycles. The predicted molar refractivity (Wildman–Crippen MR) is 44.3 cm³/mol. The fraction of sp³-hybridized carbons (Fsp3) is 0.778. The van der Waals surface area contributed by atoms with E-state index in [0.29, 0.717) is 25.2 Å². The zero-order valence-electron chi connectivity index (χ0n) is 7.05. The van der Waals surface area contributed by atoms with Crippen molar-refractivity contribution in [3.63, 3.8) is 0 Å². The molecule has 0 spiro atoms. The van der Waals surface area contributed by atoms with E-state index in [0.717, 1.165) is 12.8 Å². The van der Waals surface area contributed by atoms with E-state index in [4.69, 9.17) is 10.5 Å². The van der Waals surface area contributed by atoms with Crippen molar-refractivity contribution in [2.45, 2.75) is 37.4 Å². The Hall–Kier alpha value is -0.570. The Morgan fingerprint density at radius 3 is 2.83 bits per heavy atom. The van der Waals surface area contributed by atoms with Crippen LogP contribution in [0.25, 0.3) is 0 Å². The van der Waals surface area contributed by atoms with Crippen LogP contribution in [0, 0.1) is 0 Å². The molecule has 0 saturated heterocycles. The first-order chi connectivity index (χ1) is 5.71. The van der Waals surface area contributed by atoms with Gasteiger partial charge in [-0.25, -0.2) is 4.39 Å². The van der Waals surface area contributed by atoms with Gasteiger partial charge in [0.25, 0.3) is 0 Å². The highest BCUT2D eigenvalue weighted by molar-refractivity contribution is 5.19. The van der Waals surface area contributed by atoms with Crippen molar-refractivity contribution in [3.8, 4) is 0 Å². The first kappa shape index (κ1) is 8.05. The van der Waals surface area contributed by atoms with Gasteiger partial charge in [-0.2, -0.15) is 0 Å². The molecule has 3 heteroatoms. The van der Waals surface area contributed by atoms with Gasteiger partial charge in [-0.1, -0.05) is 0 Å². The third-order valence-electron chi connectivity index (χ3n) is 2.55. The molecule has 1 aliphatic heterocycles. The molecule has 2 N–H and O–H groups in total. The molecule has 0 bridgehead atoms. The number of alkyl halides is 1. The molecule has 68 valence electrons. The van der Waals surface area contributed by atoms with E-state index in [1.54, 1.807) is 0 Å². The Kier molecular flexibility index (Phi) is 1.83. The van der Waals surface area contributed by atoms with Crippen molar-refractivity contribution >= 4 is 0 Å². The topological polar surface area (TPSA) is 35.2 Å². The van der Waals surface area contributed by atoms with Crippen LogP contribution in [0.2, 0.25) is 0 Å². The number of allylic oxidation sites excluding steroid dienone is 2. The molecule has 0 aromatic carbocycles. The van der Waals surface area contributed by atoms with Crippen LogP contribution in [0.5, 0.6) is 0 Å². The lowest BCUT2D eigenvalue weighted by Crippen LogP contribution is -2.50. The summed E-state index contributed by atoms with van der Waals surface area (Å²) in [6, 6.07) is 0.0291. The molecular weight excluding hydrogens is 157 g/mol. The van der Waals surface area contributed by atoms with E-state index in [-0.39, 0.29) is 6.04 Å². The maximum atomic E-state index is 13.8. The monoisotopic (exact) mass is 171 g/mol. The highest BCUT2D eigenvalue weighted by atomic mass is 19.1. The van der Waals surface area contributed by atoms with Crippen molar-refractivity contribution in [3.05, 3.63) is 11.8 Å². The molecule has 0 amide bonds. The lowest BCUT2D eigenvalue weighted by Gasteiger charge is -2.41. The second-order valence-corrected chi connectivity index (χ2v) is 3.69. The van der Waals surface area contributed by atoms with E-state index in [1.165, 1.54) is 0 Å². The molecule has 2 nitrogen and oxygen atoms in total. The van der Waals surface area contributed by atoms with Crippen LogP contribution in [-0.4, -0.2) is 18.3 Å². The summed E-state index contributed by atoms with van der Waals surface area (Å²) < 4.78 is 19.0. The van der Waals surface area contributed by atoms with Gasteiger partial charge < -0.3 is 10.5 Å². The van der Waals surface area contributed by atoms with Gasteiger partial charge in [-0.3, -0.25) is 0 Å². The van der Waals surface area contributed by atoms with Gasteiger partial charge in [-0.15, -0.1) is 0 Å². The molecule has 2 rings (SSSR count). The van der Waals surface area contributed by atoms with Crippen LogP contribution in [0.4, 0.5) is 4.39 Å². The highest BCUT2D eigenvalue weighted by Crippen LogP contribution is 2.42. The average molecular weight is 171 g/mol. The quantitative estimate of drug-likeness (QED) is 0.649. The van der Waals surface area contributed by atoms with Gasteiger partial charge in [0.15, 0.2) is 5.67 Å². The van der Waals surface area contributed by atoms with E-state index in [9.17, 15) is 4.39 Å². The van der Waals surface area contributed by atoms with Crippen molar-refractivity contribution in [2.75, 3.05) is 6.61 Å². The summed E-state index contributed by atoms with van der Waals surface area (Å²) in [7, 11) is 0. The number of nitrogens with two attached hydrogens (primary N) is 1. The third-order valence-corrected chi connectivity index (χ3v) is 2.55. The number of hydrogen-bond acceptors (Lipinski definition) is 2. The smallest absolute Gasteiger partial charge is 0.170 e. The Bertz CT molecular complexity index is 209. The molecule has 1 heterocycles. The average Bonchev–Trinajstić information content (AvgIpc) is 2.04. The maximum Gasteiger partial charge on any atom is 0.170 e. The normalized spacial score (nSPS) is 41.2. The SMILES string of the molecule is NC1CC(F)(C2=CCCCO2)C1. The second kappa shape index (κ2) is 2.73. The maximum absolute atomic E-state index is 13.8. The third kappa shape index (κ3) is 1.22. The Morgan fingerprint density at radius 1 is 1.58 bits per heavy atom. The molecule has 1 aliphatic carbocycles. The summed E-state index contributed by atoms with van der Waals surface area (Å²) in [5.74, 6) is 0.537. The Morgan fingerprint density at radius 2 is 2.33 bits per heavy atom. The number of halogens is 1. The van der Waals surface area contributed by atoms with Crippen LogP contribution in [0.3, 0.4) is 0 Å². The minimum Gasteiger partial charge on any atom is -0.495 e. The summed E-state index contributed by atoms with van der Waals surface area (Å²) in [6.07, 6.45) is 4.68. The summed E-state index contributed by atoms with van der Waals surface area (Å²) in [4.78, 5) is 0. The summed E-state index contributed by atoms with van der Waals surface area (Å²) in [5.41, 5.74) is 4.32. The van der Waals surface area contributed by atoms with Crippen LogP contribution in [-0.2, 0) is 4.74 Å². The van der Waals surface area contributed by atoms with Crippen LogP contribution in [0.15, 0.2) is 11.8 Å². The van der Waals surface area contributed by atoms with Gasteiger partial charge in [-0.05, 0) is 18.9 Å². The molecular formula is C9H14FNO. The van der Waals surface area contributed by atoms with E-state index in [2.05, 4.69) is 0 Å². The Labute approximate surface area is 71.6 Å². The molecule has 0 aromatic heterocycles. The molecule has 0 aromatic rings. The highest BCUT2D eigenvalue weighted by Gasteiger charge is 2.47. The standard InChI is InChI=1S/C9H14FNO/c10-9(5-7(11)6-9)8-3-1-2-4-12-8/h3,7H,1-2,4-6,11H2. The number of rotatable bonds is 1. The van der Waals surface area contributed by atoms with Crippen LogP contribution >= 0.6 is 0 Å². The van der Waals surface area contributed by atoms with Crippen LogP contribution in [0.1, 0.15) is 25.7 Å². The van der Waals surface area contributed by atoms with Gasteiger partial charge in [0, 0.05) is 18.9 Å². The van der Waals surface area contributed by atoms with Crippen LogP contribution < -0.4 is 5.73 Å². The predicted octanol–water partition coefficient (Wildman–Crippen LogP) is 1.51. The molecule has 2 aliphatic rings. The first-order valence-corrected chi connectivity index (χ1v) is 4.49. The molecule has 0 atom stereocenters. The minimum absolute atomic E-state index is 0.0291. The van der Waals surface area contributed by atoms with E-state index in [1.807, 2.05) is 6.08 Å². The largest absolute Gasteiger partial charge is 0.495 e. The summed E-state index contributed by atoms with van der Waals surface area (Å²) in [6.45, 7) is 0.659. The molecule has 0 unspecified atom stereocenters.